The summed E-state index contributed by atoms with van der Waals surface area (Å²) in [6.07, 6.45) is 0. The van der Waals surface area contributed by atoms with Crippen molar-refractivity contribution in [3.63, 3.8) is 0 Å². The molecule has 0 spiro atoms. The fraction of sp³-hybridized carbons (Fsp3) is 0.182. The third-order valence-corrected chi connectivity index (χ3v) is 4.99. The summed E-state index contributed by atoms with van der Waals surface area (Å²) in [6.45, 7) is 0. The summed E-state index contributed by atoms with van der Waals surface area (Å²) in [7, 11) is 0. The topological polar surface area (TPSA) is 38.7 Å². The molecule has 2 rings (SSSR count). The van der Waals surface area contributed by atoms with Crippen LogP contribution in [0.15, 0.2) is 18.2 Å². The minimum Gasteiger partial charge on any atom is -0.211 e. The van der Waals surface area contributed by atoms with Crippen LogP contribution in [0.25, 0.3) is 11.4 Å². The Balaban J connectivity index is 2.70. The van der Waals surface area contributed by atoms with Crippen molar-refractivity contribution in [2.45, 2.75) is 4.29 Å². The summed E-state index contributed by atoms with van der Waals surface area (Å²) in [5, 5.41) is 0.985. The molecule has 0 amide bonds. The van der Waals surface area contributed by atoms with Gasteiger partial charge in [-0.15, -0.1) is 0 Å². The van der Waals surface area contributed by atoms with Crippen LogP contribution in [-0.4, -0.2) is 15.0 Å². The van der Waals surface area contributed by atoms with Crippen molar-refractivity contribution in [1.82, 2.24) is 15.0 Å². The standard InChI is InChI=1S/C11H3Br6Cl2N3/c12-10(13,14)8-20-7(21-9(22-8)11(15,16)17)5-2-1-4(18)3-6(5)19/h1-3H. The number of alkyl halides is 6. The van der Waals surface area contributed by atoms with Crippen molar-refractivity contribution < 1.29 is 0 Å². The predicted molar refractivity (Wildman–Crippen MR) is 112 cm³/mol. The van der Waals surface area contributed by atoms with Crippen LogP contribution in [0.4, 0.5) is 0 Å². The second-order valence-electron chi connectivity index (χ2n) is 3.93. The lowest BCUT2D eigenvalue weighted by atomic mass is 10.2. The van der Waals surface area contributed by atoms with Gasteiger partial charge in [-0.25, -0.2) is 15.0 Å². The number of benzene rings is 1. The van der Waals surface area contributed by atoms with Gasteiger partial charge in [-0.3, -0.25) is 0 Å². The predicted octanol–water partition coefficient (Wildman–Crippen LogP) is 7.44. The number of nitrogens with zero attached hydrogens (tertiary/aromatic N) is 3. The van der Waals surface area contributed by atoms with Gasteiger partial charge in [0, 0.05) is 10.6 Å². The molecule has 0 bridgehead atoms. The Morgan fingerprint density at radius 3 is 1.68 bits per heavy atom. The molecule has 0 unspecified atom stereocenters. The van der Waals surface area contributed by atoms with Gasteiger partial charge in [-0.2, -0.15) is 0 Å². The zero-order valence-corrected chi connectivity index (χ0v) is 21.1. The van der Waals surface area contributed by atoms with Crippen molar-refractivity contribution in [2.75, 3.05) is 0 Å². The Labute approximate surface area is 187 Å². The maximum Gasteiger partial charge on any atom is 0.194 e. The van der Waals surface area contributed by atoms with E-state index in [-0.39, 0.29) is 0 Å². The normalized spacial score (nSPS) is 12.5. The van der Waals surface area contributed by atoms with Crippen LogP contribution in [0.5, 0.6) is 0 Å². The highest BCUT2D eigenvalue weighted by molar-refractivity contribution is 9.39. The molecule has 1 heterocycles. The SMILES string of the molecule is Clc1ccc(-c2nc(C(Br)(Br)Br)nc(C(Br)(Br)Br)n2)c(Cl)c1. The molecule has 3 nitrogen and oxygen atoms in total. The number of aromatic nitrogens is 3. The Bertz CT molecular complexity index is 682. The molecule has 0 saturated carbocycles. The molecule has 0 aliphatic carbocycles. The van der Waals surface area contributed by atoms with Gasteiger partial charge in [0.15, 0.2) is 21.8 Å². The minimum atomic E-state index is -0.795. The Kier molecular flexibility index (Phi) is 6.83. The molecular weight excluding hydrogens is 724 g/mol. The highest BCUT2D eigenvalue weighted by atomic mass is 80.0. The van der Waals surface area contributed by atoms with Crippen LogP contribution >= 0.6 is 119 Å². The number of hydrogen-bond donors (Lipinski definition) is 0. The lowest BCUT2D eigenvalue weighted by Gasteiger charge is -2.17. The first-order chi connectivity index (χ1) is 9.98. The van der Waals surface area contributed by atoms with E-state index in [0.717, 1.165) is 0 Å². The van der Waals surface area contributed by atoms with E-state index >= 15 is 0 Å². The van der Waals surface area contributed by atoms with Gasteiger partial charge >= 0.3 is 0 Å². The van der Waals surface area contributed by atoms with E-state index in [9.17, 15) is 0 Å². The van der Waals surface area contributed by atoms with Gasteiger partial charge in [0.25, 0.3) is 0 Å². The van der Waals surface area contributed by atoms with Crippen molar-refractivity contribution in [3.8, 4) is 11.4 Å². The molecule has 1 aromatic carbocycles. The van der Waals surface area contributed by atoms with Crippen molar-refractivity contribution in [3.05, 3.63) is 39.9 Å². The maximum absolute atomic E-state index is 6.24. The van der Waals surface area contributed by atoms with Crippen LogP contribution in [0, 0.1) is 0 Å². The smallest absolute Gasteiger partial charge is 0.194 e. The lowest BCUT2D eigenvalue weighted by Crippen LogP contribution is -2.15. The van der Waals surface area contributed by atoms with E-state index in [0.29, 0.717) is 33.1 Å². The molecule has 0 atom stereocenters. The molecule has 0 N–H and O–H groups in total. The van der Waals surface area contributed by atoms with Crippen LogP contribution in [0.1, 0.15) is 11.6 Å². The van der Waals surface area contributed by atoms with Crippen LogP contribution in [0.3, 0.4) is 0 Å². The number of hydrogen-bond acceptors (Lipinski definition) is 3. The first-order valence-electron chi connectivity index (χ1n) is 5.34. The summed E-state index contributed by atoms with van der Waals surface area (Å²) in [5.41, 5.74) is 0.643. The van der Waals surface area contributed by atoms with E-state index in [4.69, 9.17) is 23.2 Å². The molecule has 11 heteroatoms. The molecule has 0 fully saturated rings. The zero-order chi connectivity index (χ0) is 16.7. The van der Waals surface area contributed by atoms with Crippen molar-refractivity contribution in [1.29, 1.82) is 0 Å². The molecule has 1 aromatic heterocycles. The summed E-state index contributed by atoms with van der Waals surface area (Å²) >= 11 is 32.6. The summed E-state index contributed by atoms with van der Waals surface area (Å²) < 4.78 is -1.59. The Morgan fingerprint density at radius 2 is 1.27 bits per heavy atom. The van der Waals surface area contributed by atoms with Crippen molar-refractivity contribution >= 4 is 119 Å². The molecule has 0 aliphatic rings. The lowest BCUT2D eigenvalue weighted by molar-refractivity contribution is 0.893. The Morgan fingerprint density at radius 1 is 0.773 bits per heavy atom. The average Bonchev–Trinajstić information content (AvgIpc) is 2.36. The van der Waals surface area contributed by atoms with Crippen LogP contribution < -0.4 is 0 Å². The van der Waals surface area contributed by atoms with E-state index in [1.54, 1.807) is 18.2 Å². The first-order valence-corrected chi connectivity index (χ1v) is 10.9. The fourth-order valence-electron chi connectivity index (χ4n) is 1.42. The fourth-order valence-corrected chi connectivity index (χ4v) is 2.98. The molecular formula is C11H3Br6Cl2N3. The van der Waals surface area contributed by atoms with Gasteiger partial charge < -0.3 is 0 Å². The molecule has 118 valence electrons. The summed E-state index contributed by atoms with van der Waals surface area (Å²) in [6, 6.07) is 5.11. The second-order valence-corrected chi connectivity index (χ2v) is 18.3. The highest BCUT2D eigenvalue weighted by Gasteiger charge is 2.32. The Hall–Kier alpha value is 1.69. The van der Waals surface area contributed by atoms with Crippen LogP contribution in [0.2, 0.25) is 10.0 Å². The van der Waals surface area contributed by atoms with Gasteiger partial charge in [-0.05, 0) is 18.2 Å². The van der Waals surface area contributed by atoms with Crippen LogP contribution in [-0.2, 0) is 4.29 Å². The molecule has 0 aliphatic heterocycles. The van der Waals surface area contributed by atoms with Gasteiger partial charge in [0.2, 0.25) is 0 Å². The van der Waals surface area contributed by atoms with E-state index in [1.807, 2.05) is 0 Å². The quantitative estimate of drug-likeness (QED) is 0.287. The summed E-state index contributed by atoms with van der Waals surface area (Å²) in [5.74, 6) is 1.25. The largest absolute Gasteiger partial charge is 0.211 e. The monoisotopic (exact) mass is 720 g/mol. The zero-order valence-electron chi connectivity index (χ0n) is 10.1. The van der Waals surface area contributed by atoms with E-state index in [2.05, 4.69) is 111 Å². The van der Waals surface area contributed by atoms with E-state index in [1.165, 1.54) is 0 Å². The first kappa shape index (κ1) is 20.0. The maximum atomic E-state index is 6.24. The molecule has 2 aromatic rings. The minimum absolute atomic E-state index is 0.409. The highest BCUT2D eigenvalue weighted by Crippen LogP contribution is 2.46. The van der Waals surface area contributed by atoms with Gasteiger partial charge in [0.05, 0.1) is 5.02 Å². The van der Waals surface area contributed by atoms with Gasteiger partial charge in [0.1, 0.15) is 0 Å². The molecule has 22 heavy (non-hydrogen) atoms. The number of rotatable bonds is 1. The second kappa shape index (κ2) is 7.51. The molecule has 0 radical (unpaired) electrons. The summed E-state index contributed by atoms with van der Waals surface area (Å²) in [4.78, 5) is 13.2. The molecule has 0 saturated heterocycles. The third-order valence-electron chi connectivity index (χ3n) is 2.31. The average molecular weight is 727 g/mol. The number of halogens is 8. The van der Waals surface area contributed by atoms with Gasteiger partial charge in [-0.1, -0.05) is 119 Å². The van der Waals surface area contributed by atoms with E-state index < -0.39 is 4.29 Å². The third kappa shape index (κ3) is 5.09. The van der Waals surface area contributed by atoms with Crippen molar-refractivity contribution in [2.24, 2.45) is 0 Å².